The van der Waals surface area contributed by atoms with Gasteiger partial charge in [0.1, 0.15) is 11.8 Å². The highest BCUT2D eigenvalue weighted by Crippen LogP contribution is 2.25. The van der Waals surface area contributed by atoms with E-state index in [9.17, 15) is 4.79 Å². The molecule has 1 saturated heterocycles. The first-order valence-corrected chi connectivity index (χ1v) is 8.43. The number of ether oxygens (including phenoxy) is 1. The normalized spacial score (nSPS) is 18.5. The van der Waals surface area contributed by atoms with Crippen molar-refractivity contribution in [1.82, 2.24) is 9.88 Å². The molecule has 2 aromatic rings. The predicted molar refractivity (Wildman–Crippen MR) is 91.5 cm³/mol. The highest BCUT2D eigenvalue weighted by molar-refractivity contribution is 5.75. The fraction of sp³-hybridized carbons (Fsp3) is 0.474. The molecule has 0 aliphatic carbocycles. The van der Waals surface area contributed by atoms with E-state index in [2.05, 4.69) is 16.8 Å². The molecular weight excluding hydrogens is 304 g/mol. The summed E-state index contributed by atoms with van der Waals surface area (Å²) in [6.07, 6.45) is 2.99. The Bertz CT molecular complexity index is 706. The molecule has 0 spiro atoms. The number of methoxy groups -OCH3 is 1. The van der Waals surface area contributed by atoms with Crippen molar-refractivity contribution in [2.45, 2.75) is 45.7 Å². The summed E-state index contributed by atoms with van der Waals surface area (Å²) >= 11 is 0. The molecule has 1 aliphatic rings. The van der Waals surface area contributed by atoms with Gasteiger partial charge in [-0.3, -0.25) is 9.69 Å². The van der Waals surface area contributed by atoms with Crippen LogP contribution in [0.4, 0.5) is 0 Å². The highest BCUT2D eigenvalue weighted by atomic mass is 16.5. The van der Waals surface area contributed by atoms with E-state index >= 15 is 0 Å². The number of aryl methyl sites for hydroxylation is 2. The average molecular weight is 328 g/mol. The van der Waals surface area contributed by atoms with Crippen molar-refractivity contribution in [2.75, 3.05) is 13.7 Å². The molecule has 2 heterocycles. The summed E-state index contributed by atoms with van der Waals surface area (Å²) in [5.41, 5.74) is 3.07. The SMILES string of the molecule is COC(=O)[C@@H]1CCCCN1Cc1nc(-c2ccc(C)cc2)oc1C. The van der Waals surface area contributed by atoms with Gasteiger partial charge in [0.05, 0.1) is 12.8 Å². The lowest BCUT2D eigenvalue weighted by molar-refractivity contribution is -0.148. The zero-order valence-electron chi connectivity index (χ0n) is 14.5. The van der Waals surface area contributed by atoms with Crippen molar-refractivity contribution in [3.05, 3.63) is 41.3 Å². The summed E-state index contributed by atoms with van der Waals surface area (Å²) in [4.78, 5) is 18.8. The number of likely N-dealkylation sites (tertiary alicyclic amines) is 1. The van der Waals surface area contributed by atoms with Crippen LogP contribution in [0.15, 0.2) is 28.7 Å². The van der Waals surface area contributed by atoms with E-state index in [0.29, 0.717) is 12.4 Å². The first-order valence-electron chi connectivity index (χ1n) is 8.43. The summed E-state index contributed by atoms with van der Waals surface area (Å²) in [6.45, 7) is 5.48. The van der Waals surface area contributed by atoms with Crippen LogP contribution in [-0.4, -0.2) is 35.5 Å². The molecule has 1 aromatic carbocycles. The lowest BCUT2D eigenvalue weighted by Crippen LogP contribution is -2.44. The molecule has 1 fully saturated rings. The number of esters is 1. The molecule has 0 amide bonds. The second-order valence-corrected chi connectivity index (χ2v) is 6.39. The number of benzene rings is 1. The number of carbonyl (C=O) groups is 1. The third kappa shape index (κ3) is 3.51. The Labute approximate surface area is 142 Å². The third-order valence-corrected chi connectivity index (χ3v) is 4.63. The van der Waals surface area contributed by atoms with Crippen molar-refractivity contribution >= 4 is 5.97 Å². The molecule has 0 radical (unpaired) electrons. The minimum atomic E-state index is -0.178. The molecular formula is C19H24N2O3. The number of carbonyl (C=O) groups excluding carboxylic acids is 1. The second kappa shape index (κ2) is 7.18. The number of aromatic nitrogens is 1. The minimum Gasteiger partial charge on any atom is -0.468 e. The molecule has 128 valence electrons. The topological polar surface area (TPSA) is 55.6 Å². The Morgan fingerprint density at radius 2 is 2.04 bits per heavy atom. The van der Waals surface area contributed by atoms with Crippen molar-refractivity contribution in [2.24, 2.45) is 0 Å². The molecule has 5 nitrogen and oxygen atoms in total. The maximum atomic E-state index is 12.0. The lowest BCUT2D eigenvalue weighted by atomic mass is 10.0. The Kier molecular flexibility index (Phi) is 5.00. The Balaban J connectivity index is 1.79. The van der Waals surface area contributed by atoms with Crippen molar-refractivity contribution < 1.29 is 13.9 Å². The number of rotatable bonds is 4. The monoisotopic (exact) mass is 328 g/mol. The van der Waals surface area contributed by atoms with E-state index in [1.807, 2.05) is 31.2 Å². The standard InChI is InChI=1S/C19H24N2O3/c1-13-7-9-15(10-8-13)18-20-16(14(2)24-18)12-21-11-5-4-6-17(21)19(22)23-3/h7-10,17H,4-6,11-12H2,1-3H3/t17-/m0/s1. The van der Waals surface area contributed by atoms with E-state index in [1.54, 1.807) is 0 Å². The summed E-state index contributed by atoms with van der Waals surface area (Å²) in [5.74, 6) is 1.28. The number of piperidine rings is 1. The van der Waals surface area contributed by atoms with Gasteiger partial charge in [-0.05, 0) is 45.4 Å². The van der Waals surface area contributed by atoms with Crippen LogP contribution in [-0.2, 0) is 16.1 Å². The molecule has 0 unspecified atom stereocenters. The number of hydrogen-bond donors (Lipinski definition) is 0. The highest BCUT2D eigenvalue weighted by Gasteiger charge is 2.30. The van der Waals surface area contributed by atoms with Crippen LogP contribution >= 0.6 is 0 Å². The van der Waals surface area contributed by atoms with Crippen molar-refractivity contribution in [3.63, 3.8) is 0 Å². The van der Waals surface area contributed by atoms with Gasteiger partial charge in [-0.25, -0.2) is 4.98 Å². The zero-order valence-corrected chi connectivity index (χ0v) is 14.5. The Morgan fingerprint density at radius 1 is 1.29 bits per heavy atom. The first kappa shape index (κ1) is 16.7. The zero-order chi connectivity index (χ0) is 17.1. The van der Waals surface area contributed by atoms with Gasteiger partial charge in [-0.1, -0.05) is 24.1 Å². The molecule has 1 aromatic heterocycles. The largest absolute Gasteiger partial charge is 0.468 e. The molecule has 3 rings (SSSR count). The molecule has 1 atom stereocenters. The summed E-state index contributed by atoms with van der Waals surface area (Å²) in [7, 11) is 1.45. The average Bonchev–Trinajstić information content (AvgIpc) is 2.96. The van der Waals surface area contributed by atoms with E-state index in [1.165, 1.54) is 12.7 Å². The van der Waals surface area contributed by atoms with Gasteiger partial charge in [0.15, 0.2) is 0 Å². The first-order chi connectivity index (χ1) is 11.6. The van der Waals surface area contributed by atoms with Crippen molar-refractivity contribution in [3.8, 4) is 11.5 Å². The molecule has 1 aliphatic heterocycles. The number of oxazole rings is 1. The summed E-state index contributed by atoms with van der Waals surface area (Å²) in [5, 5.41) is 0. The molecule has 0 N–H and O–H groups in total. The third-order valence-electron chi connectivity index (χ3n) is 4.63. The summed E-state index contributed by atoms with van der Waals surface area (Å²) in [6, 6.07) is 7.95. The van der Waals surface area contributed by atoms with Gasteiger partial charge >= 0.3 is 5.97 Å². The van der Waals surface area contributed by atoms with Crippen LogP contribution in [0.3, 0.4) is 0 Å². The van der Waals surface area contributed by atoms with Gasteiger partial charge in [-0.15, -0.1) is 0 Å². The van der Waals surface area contributed by atoms with E-state index in [4.69, 9.17) is 9.15 Å². The van der Waals surface area contributed by atoms with Crippen LogP contribution < -0.4 is 0 Å². The molecule has 0 saturated carbocycles. The van der Waals surface area contributed by atoms with Crippen LogP contribution in [0.1, 0.15) is 36.3 Å². The van der Waals surface area contributed by atoms with E-state index < -0.39 is 0 Å². The smallest absolute Gasteiger partial charge is 0.323 e. The minimum absolute atomic E-state index is 0.158. The van der Waals surface area contributed by atoms with Crippen molar-refractivity contribution in [1.29, 1.82) is 0 Å². The van der Waals surface area contributed by atoms with Gasteiger partial charge in [0.25, 0.3) is 0 Å². The van der Waals surface area contributed by atoms with E-state index in [0.717, 1.165) is 42.8 Å². The van der Waals surface area contributed by atoms with Gasteiger partial charge in [0, 0.05) is 12.1 Å². The van der Waals surface area contributed by atoms with Gasteiger partial charge in [0.2, 0.25) is 5.89 Å². The van der Waals surface area contributed by atoms with Crippen LogP contribution in [0.5, 0.6) is 0 Å². The van der Waals surface area contributed by atoms with Gasteiger partial charge in [-0.2, -0.15) is 0 Å². The number of nitrogens with zero attached hydrogens (tertiary/aromatic N) is 2. The second-order valence-electron chi connectivity index (χ2n) is 6.39. The Hall–Kier alpha value is -2.14. The van der Waals surface area contributed by atoms with Crippen LogP contribution in [0, 0.1) is 13.8 Å². The maximum absolute atomic E-state index is 12.0. The quantitative estimate of drug-likeness (QED) is 0.804. The van der Waals surface area contributed by atoms with Crippen LogP contribution in [0.25, 0.3) is 11.5 Å². The molecule has 5 heteroatoms. The lowest BCUT2D eigenvalue weighted by Gasteiger charge is -2.33. The fourth-order valence-corrected chi connectivity index (χ4v) is 3.17. The number of hydrogen-bond acceptors (Lipinski definition) is 5. The molecule has 24 heavy (non-hydrogen) atoms. The fourth-order valence-electron chi connectivity index (χ4n) is 3.17. The summed E-state index contributed by atoms with van der Waals surface area (Å²) < 4.78 is 10.8. The van der Waals surface area contributed by atoms with Gasteiger partial charge < -0.3 is 9.15 Å². The maximum Gasteiger partial charge on any atom is 0.323 e. The van der Waals surface area contributed by atoms with Crippen LogP contribution in [0.2, 0.25) is 0 Å². The predicted octanol–water partition coefficient (Wildman–Crippen LogP) is 3.49. The Morgan fingerprint density at radius 3 is 2.75 bits per heavy atom. The van der Waals surface area contributed by atoms with E-state index in [-0.39, 0.29) is 12.0 Å². The molecule has 0 bridgehead atoms.